The van der Waals surface area contributed by atoms with Crippen molar-refractivity contribution < 1.29 is 17.7 Å². The first-order valence-electron chi connectivity index (χ1n) is 8.20. The molecular weight excluding hydrogens is 368 g/mol. The van der Waals surface area contributed by atoms with Gasteiger partial charge in [-0.2, -0.15) is 0 Å². The third-order valence-corrected chi connectivity index (χ3v) is 4.98. The molecule has 0 aliphatic carbocycles. The Bertz CT molecular complexity index is 988. The molecule has 8 nitrogen and oxygen atoms in total. The molecule has 3 rings (SSSR count). The van der Waals surface area contributed by atoms with Gasteiger partial charge >= 0.3 is 0 Å². The van der Waals surface area contributed by atoms with Crippen molar-refractivity contribution in [2.45, 2.75) is 5.75 Å². The van der Waals surface area contributed by atoms with Gasteiger partial charge < -0.3 is 9.84 Å². The van der Waals surface area contributed by atoms with Gasteiger partial charge in [0.2, 0.25) is 10.0 Å². The molecule has 140 valence electrons. The zero-order chi connectivity index (χ0) is 19.1. The first-order valence-corrected chi connectivity index (χ1v) is 9.85. The van der Waals surface area contributed by atoms with Crippen molar-refractivity contribution in [2.75, 3.05) is 13.1 Å². The van der Waals surface area contributed by atoms with Crippen LogP contribution in [0.1, 0.15) is 16.1 Å². The summed E-state index contributed by atoms with van der Waals surface area (Å²) in [4.78, 5) is 16.1. The second-order valence-electron chi connectivity index (χ2n) is 5.71. The quantitative estimate of drug-likeness (QED) is 0.568. The van der Waals surface area contributed by atoms with Gasteiger partial charge in [-0.3, -0.25) is 9.78 Å². The number of sulfonamides is 1. The number of hydrogen-bond donors (Lipinski definition) is 2. The Morgan fingerprint density at radius 3 is 2.63 bits per heavy atom. The molecule has 3 aromatic rings. The zero-order valence-corrected chi connectivity index (χ0v) is 15.1. The molecule has 0 fully saturated rings. The smallest absolute Gasteiger partial charge is 0.273 e. The number of nitrogens with one attached hydrogen (secondary N) is 2. The summed E-state index contributed by atoms with van der Waals surface area (Å²) in [6, 6.07) is 13.9. The minimum absolute atomic E-state index is 0.0776. The lowest BCUT2D eigenvalue weighted by atomic mass is 10.2. The molecule has 0 saturated heterocycles. The van der Waals surface area contributed by atoms with E-state index in [-0.39, 0.29) is 24.5 Å². The van der Waals surface area contributed by atoms with Gasteiger partial charge in [0.1, 0.15) is 0 Å². The van der Waals surface area contributed by atoms with Gasteiger partial charge in [-0.05, 0) is 17.7 Å². The Kier molecular flexibility index (Phi) is 5.94. The second-order valence-corrected chi connectivity index (χ2v) is 7.52. The van der Waals surface area contributed by atoms with Crippen LogP contribution in [0.2, 0.25) is 0 Å². The van der Waals surface area contributed by atoms with E-state index in [2.05, 4.69) is 20.2 Å². The van der Waals surface area contributed by atoms with Crippen LogP contribution in [0, 0.1) is 0 Å². The average molecular weight is 386 g/mol. The number of pyridine rings is 1. The third kappa shape index (κ3) is 5.47. The van der Waals surface area contributed by atoms with Gasteiger partial charge in [-0.1, -0.05) is 35.5 Å². The van der Waals surface area contributed by atoms with Crippen LogP contribution in [-0.2, 0) is 15.8 Å². The fourth-order valence-corrected chi connectivity index (χ4v) is 3.49. The molecule has 1 aromatic carbocycles. The normalized spacial score (nSPS) is 11.3. The molecule has 0 spiro atoms. The number of rotatable bonds is 8. The molecule has 0 aliphatic rings. The summed E-state index contributed by atoms with van der Waals surface area (Å²) in [6.07, 6.45) is 3.23. The van der Waals surface area contributed by atoms with Crippen LogP contribution >= 0.6 is 0 Å². The summed E-state index contributed by atoms with van der Waals surface area (Å²) in [5.74, 6) is -0.132. The molecule has 0 atom stereocenters. The second kappa shape index (κ2) is 8.56. The van der Waals surface area contributed by atoms with E-state index in [0.29, 0.717) is 16.9 Å². The van der Waals surface area contributed by atoms with E-state index < -0.39 is 15.9 Å². The van der Waals surface area contributed by atoms with Gasteiger partial charge in [0.05, 0.1) is 5.75 Å². The summed E-state index contributed by atoms with van der Waals surface area (Å²) in [7, 11) is -3.47. The predicted octanol–water partition coefficient (Wildman–Crippen LogP) is 1.59. The molecule has 9 heteroatoms. The zero-order valence-electron chi connectivity index (χ0n) is 14.3. The van der Waals surface area contributed by atoms with Gasteiger partial charge in [-0.15, -0.1) is 0 Å². The molecule has 0 bridgehead atoms. The first kappa shape index (κ1) is 18.7. The molecule has 0 radical (unpaired) electrons. The van der Waals surface area contributed by atoms with E-state index in [4.69, 9.17) is 4.52 Å². The SMILES string of the molecule is O=C(NCCNS(=O)(=O)Cc1ccccc1)c1cc(-c2cccnc2)on1. The fraction of sp³-hybridized carbons (Fsp3) is 0.167. The van der Waals surface area contributed by atoms with Crippen LogP contribution in [0.5, 0.6) is 0 Å². The average Bonchev–Trinajstić information content (AvgIpc) is 3.17. The number of carbonyl (C=O) groups is 1. The predicted molar refractivity (Wildman–Crippen MR) is 99.1 cm³/mol. The van der Waals surface area contributed by atoms with Gasteiger partial charge in [0, 0.05) is 37.1 Å². The Balaban J connectivity index is 1.46. The largest absolute Gasteiger partial charge is 0.355 e. The molecule has 2 aromatic heterocycles. The highest BCUT2D eigenvalue weighted by Crippen LogP contribution is 2.18. The lowest BCUT2D eigenvalue weighted by Gasteiger charge is -2.07. The van der Waals surface area contributed by atoms with Crippen LogP contribution in [0.15, 0.2) is 65.4 Å². The number of amides is 1. The van der Waals surface area contributed by atoms with Crippen LogP contribution in [0.25, 0.3) is 11.3 Å². The maximum absolute atomic E-state index is 12.1. The molecule has 0 unspecified atom stereocenters. The highest BCUT2D eigenvalue weighted by atomic mass is 32.2. The standard InChI is InChI=1S/C18H18N4O4S/c23-18(16-11-17(26-22-16)15-7-4-8-19-12-15)20-9-10-21-27(24,25)13-14-5-2-1-3-6-14/h1-8,11-12,21H,9-10,13H2,(H,20,23). The van der Waals surface area contributed by atoms with Crippen molar-refractivity contribution in [3.63, 3.8) is 0 Å². The van der Waals surface area contributed by atoms with Crippen molar-refractivity contribution in [3.8, 4) is 11.3 Å². The van der Waals surface area contributed by atoms with Gasteiger partial charge in [0.25, 0.3) is 5.91 Å². The number of benzene rings is 1. The van der Waals surface area contributed by atoms with Crippen LogP contribution < -0.4 is 10.0 Å². The van der Waals surface area contributed by atoms with E-state index >= 15 is 0 Å². The van der Waals surface area contributed by atoms with E-state index in [0.717, 1.165) is 0 Å². The molecule has 1 amide bonds. The fourth-order valence-electron chi connectivity index (χ4n) is 2.34. The topological polar surface area (TPSA) is 114 Å². The number of nitrogens with zero attached hydrogens (tertiary/aromatic N) is 2. The summed E-state index contributed by atoms with van der Waals surface area (Å²) in [6.45, 7) is 0.205. The van der Waals surface area contributed by atoms with E-state index in [1.165, 1.54) is 6.07 Å². The van der Waals surface area contributed by atoms with Crippen molar-refractivity contribution in [1.82, 2.24) is 20.2 Å². The molecule has 27 heavy (non-hydrogen) atoms. The van der Waals surface area contributed by atoms with Gasteiger partial charge in [0.15, 0.2) is 11.5 Å². The molecule has 2 N–H and O–H groups in total. The van der Waals surface area contributed by atoms with E-state index in [9.17, 15) is 13.2 Å². The van der Waals surface area contributed by atoms with Crippen molar-refractivity contribution in [2.24, 2.45) is 0 Å². The van der Waals surface area contributed by atoms with Crippen molar-refractivity contribution in [1.29, 1.82) is 0 Å². The lowest BCUT2D eigenvalue weighted by molar-refractivity contribution is 0.0945. The highest BCUT2D eigenvalue weighted by molar-refractivity contribution is 7.88. The Hall–Kier alpha value is -3.04. The number of aromatic nitrogens is 2. The highest BCUT2D eigenvalue weighted by Gasteiger charge is 2.14. The minimum atomic E-state index is -3.47. The number of carbonyl (C=O) groups excluding carboxylic acids is 1. The molecule has 0 aliphatic heterocycles. The maximum Gasteiger partial charge on any atom is 0.273 e. The van der Waals surface area contributed by atoms with Crippen LogP contribution in [-0.4, -0.2) is 37.6 Å². The monoisotopic (exact) mass is 386 g/mol. The summed E-state index contributed by atoms with van der Waals surface area (Å²) < 4.78 is 31.6. The third-order valence-electron chi connectivity index (χ3n) is 3.62. The van der Waals surface area contributed by atoms with E-state index in [1.54, 1.807) is 48.8 Å². The summed E-state index contributed by atoms with van der Waals surface area (Å²) >= 11 is 0. The molecule has 2 heterocycles. The van der Waals surface area contributed by atoms with Crippen LogP contribution in [0.4, 0.5) is 0 Å². The van der Waals surface area contributed by atoms with E-state index in [1.807, 2.05) is 6.07 Å². The van der Waals surface area contributed by atoms with Crippen LogP contribution in [0.3, 0.4) is 0 Å². The minimum Gasteiger partial charge on any atom is -0.355 e. The summed E-state index contributed by atoms with van der Waals surface area (Å²) in [5, 5.41) is 6.32. The first-order chi connectivity index (χ1) is 13.0. The maximum atomic E-state index is 12.1. The lowest BCUT2D eigenvalue weighted by Crippen LogP contribution is -2.35. The van der Waals surface area contributed by atoms with Crippen molar-refractivity contribution >= 4 is 15.9 Å². The van der Waals surface area contributed by atoms with Gasteiger partial charge in [-0.25, -0.2) is 13.1 Å². The van der Waals surface area contributed by atoms with Crippen molar-refractivity contribution in [3.05, 3.63) is 72.2 Å². The molecular formula is C18H18N4O4S. The summed E-state index contributed by atoms with van der Waals surface area (Å²) in [5.41, 5.74) is 1.51. The Morgan fingerprint density at radius 2 is 1.89 bits per heavy atom. The Morgan fingerprint density at radius 1 is 1.07 bits per heavy atom. The molecule has 0 saturated carbocycles. The Labute approximate surface area is 156 Å². The number of hydrogen-bond acceptors (Lipinski definition) is 6.